The fourth-order valence-corrected chi connectivity index (χ4v) is 1.88. The van der Waals surface area contributed by atoms with Crippen LogP contribution in [-0.2, 0) is 0 Å². The summed E-state index contributed by atoms with van der Waals surface area (Å²) in [5.41, 5.74) is 5.60. The van der Waals surface area contributed by atoms with Gasteiger partial charge in [0.15, 0.2) is 0 Å². The number of piperidine rings is 1. The van der Waals surface area contributed by atoms with Gasteiger partial charge in [-0.15, -0.1) is 0 Å². The van der Waals surface area contributed by atoms with Crippen LogP contribution < -0.4 is 10.6 Å². The van der Waals surface area contributed by atoms with Crippen LogP contribution in [0.4, 0.5) is 11.6 Å². The van der Waals surface area contributed by atoms with Crippen molar-refractivity contribution in [2.75, 3.05) is 23.7 Å². The van der Waals surface area contributed by atoms with Crippen molar-refractivity contribution < 1.29 is 5.11 Å². The Bertz CT molecular complexity index is 344. The number of nitrogens with zero attached hydrogens (tertiary/aromatic N) is 3. The average molecular weight is 208 g/mol. The third-order valence-electron chi connectivity index (χ3n) is 2.86. The molecule has 1 fully saturated rings. The van der Waals surface area contributed by atoms with E-state index < -0.39 is 0 Å². The summed E-state index contributed by atoms with van der Waals surface area (Å²) in [7, 11) is 0. The van der Waals surface area contributed by atoms with Crippen LogP contribution in [0.5, 0.6) is 0 Å². The first-order chi connectivity index (χ1) is 7.16. The Morgan fingerprint density at radius 1 is 1.53 bits per heavy atom. The Labute approximate surface area is 88.9 Å². The Morgan fingerprint density at radius 3 is 3.00 bits per heavy atom. The molecule has 3 N–H and O–H groups in total. The van der Waals surface area contributed by atoms with E-state index in [0.717, 1.165) is 25.3 Å². The zero-order valence-electron chi connectivity index (χ0n) is 8.80. The van der Waals surface area contributed by atoms with E-state index in [-0.39, 0.29) is 12.0 Å². The van der Waals surface area contributed by atoms with E-state index >= 15 is 0 Å². The van der Waals surface area contributed by atoms with Crippen molar-refractivity contribution in [1.29, 1.82) is 0 Å². The van der Waals surface area contributed by atoms with Crippen molar-refractivity contribution in [3.63, 3.8) is 0 Å². The van der Waals surface area contributed by atoms with Gasteiger partial charge in [0.1, 0.15) is 18.0 Å². The van der Waals surface area contributed by atoms with Crippen LogP contribution in [0.3, 0.4) is 0 Å². The fourth-order valence-electron chi connectivity index (χ4n) is 1.88. The highest BCUT2D eigenvalue weighted by molar-refractivity contribution is 5.46. The molecule has 1 aliphatic rings. The third-order valence-corrected chi connectivity index (χ3v) is 2.86. The Kier molecular flexibility index (Phi) is 2.73. The number of anilines is 2. The summed E-state index contributed by atoms with van der Waals surface area (Å²) >= 11 is 0. The van der Waals surface area contributed by atoms with Gasteiger partial charge >= 0.3 is 0 Å². The molecule has 1 aromatic heterocycles. The first kappa shape index (κ1) is 10.2. The minimum atomic E-state index is -0.194. The van der Waals surface area contributed by atoms with Crippen LogP contribution in [0.15, 0.2) is 12.4 Å². The number of hydrogen-bond acceptors (Lipinski definition) is 5. The van der Waals surface area contributed by atoms with Crippen molar-refractivity contribution in [2.24, 2.45) is 5.92 Å². The molecule has 1 saturated heterocycles. The number of aromatic nitrogens is 2. The van der Waals surface area contributed by atoms with E-state index in [1.54, 1.807) is 6.07 Å². The number of nitrogen functional groups attached to an aromatic ring is 1. The molecule has 0 saturated carbocycles. The van der Waals surface area contributed by atoms with E-state index in [0.29, 0.717) is 5.82 Å². The van der Waals surface area contributed by atoms with Crippen molar-refractivity contribution in [3.8, 4) is 0 Å². The molecule has 0 amide bonds. The first-order valence-corrected chi connectivity index (χ1v) is 5.17. The largest absolute Gasteiger partial charge is 0.393 e. The highest BCUT2D eigenvalue weighted by Crippen LogP contribution is 2.21. The molecule has 0 aliphatic carbocycles. The monoisotopic (exact) mass is 208 g/mol. The number of aliphatic hydroxyl groups is 1. The van der Waals surface area contributed by atoms with E-state index in [2.05, 4.69) is 14.9 Å². The van der Waals surface area contributed by atoms with Crippen LogP contribution in [0, 0.1) is 5.92 Å². The summed E-state index contributed by atoms with van der Waals surface area (Å²) in [6, 6.07) is 1.77. The maximum absolute atomic E-state index is 9.61. The van der Waals surface area contributed by atoms with Gasteiger partial charge in [0.25, 0.3) is 0 Å². The second kappa shape index (κ2) is 4.02. The summed E-state index contributed by atoms with van der Waals surface area (Å²) in [4.78, 5) is 10.2. The van der Waals surface area contributed by atoms with Crippen molar-refractivity contribution >= 4 is 11.6 Å². The lowest BCUT2D eigenvalue weighted by atomic mass is 9.97. The summed E-state index contributed by atoms with van der Waals surface area (Å²) in [6.45, 7) is 3.68. The maximum atomic E-state index is 9.61. The van der Waals surface area contributed by atoms with E-state index in [1.807, 2.05) is 6.92 Å². The first-order valence-electron chi connectivity index (χ1n) is 5.17. The number of hydrogen-bond donors (Lipinski definition) is 2. The summed E-state index contributed by atoms with van der Waals surface area (Å²) < 4.78 is 0. The Morgan fingerprint density at radius 2 is 2.33 bits per heavy atom. The van der Waals surface area contributed by atoms with Crippen molar-refractivity contribution in [2.45, 2.75) is 19.4 Å². The molecule has 1 aliphatic heterocycles. The summed E-state index contributed by atoms with van der Waals surface area (Å²) in [5.74, 6) is 1.61. The molecule has 0 spiro atoms. The van der Waals surface area contributed by atoms with E-state index in [4.69, 9.17) is 5.73 Å². The molecule has 82 valence electrons. The average Bonchev–Trinajstić information content (AvgIpc) is 2.22. The number of aliphatic hydroxyl groups excluding tert-OH is 1. The second-order valence-electron chi connectivity index (χ2n) is 4.08. The molecule has 0 bridgehead atoms. The molecule has 2 unspecified atom stereocenters. The number of nitrogens with two attached hydrogens (primary N) is 1. The lowest BCUT2D eigenvalue weighted by molar-refractivity contribution is 0.0969. The van der Waals surface area contributed by atoms with Gasteiger partial charge in [-0.1, -0.05) is 6.92 Å². The van der Waals surface area contributed by atoms with Gasteiger partial charge in [0, 0.05) is 19.2 Å². The van der Waals surface area contributed by atoms with Crippen molar-refractivity contribution in [1.82, 2.24) is 9.97 Å². The fraction of sp³-hybridized carbons (Fsp3) is 0.600. The van der Waals surface area contributed by atoms with Crippen LogP contribution in [-0.4, -0.2) is 34.3 Å². The predicted octanol–water partition coefficient (Wildman–Crippen LogP) is 0.266. The van der Waals surface area contributed by atoms with E-state index in [9.17, 15) is 5.11 Å². The molecule has 1 aromatic rings. The van der Waals surface area contributed by atoms with Gasteiger partial charge in [-0.3, -0.25) is 0 Å². The predicted molar refractivity (Wildman–Crippen MR) is 58.4 cm³/mol. The van der Waals surface area contributed by atoms with Crippen LogP contribution in [0.2, 0.25) is 0 Å². The zero-order chi connectivity index (χ0) is 10.8. The van der Waals surface area contributed by atoms with E-state index in [1.165, 1.54) is 6.33 Å². The molecule has 2 rings (SSSR count). The van der Waals surface area contributed by atoms with Gasteiger partial charge < -0.3 is 15.7 Å². The summed E-state index contributed by atoms with van der Waals surface area (Å²) in [5, 5.41) is 9.61. The lowest BCUT2D eigenvalue weighted by Crippen LogP contribution is -2.42. The van der Waals surface area contributed by atoms with Crippen LogP contribution >= 0.6 is 0 Å². The molecule has 2 atom stereocenters. The standard InChI is InChI=1S/C10H16N4O/c1-7-5-14(3-2-8(7)15)10-4-9(11)12-6-13-10/h4,6-8,15H,2-3,5H2,1H3,(H2,11,12,13). The maximum Gasteiger partial charge on any atom is 0.134 e. The van der Waals surface area contributed by atoms with Gasteiger partial charge in [0.2, 0.25) is 0 Å². The molecule has 5 nitrogen and oxygen atoms in total. The van der Waals surface area contributed by atoms with Crippen LogP contribution in [0.1, 0.15) is 13.3 Å². The molecule has 5 heteroatoms. The van der Waals surface area contributed by atoms with Crippen LogP contribution in [0.25, 0.3) is 0 Å². The molecular formula is C10H16N4O. The Balaban J connectivity index is 2.12. The van der Waals surface area contributed by atoms with Gasteiger partial charge in [-0.25, -0.2) is 9.97 Å². The van der Waals surface area contributed by atoms with Gasteiger partial charge in [-0.2, -0.15) is 0 Å². The van der Waals surface area contributed by atoms with Gasteiger partial charge in [-0.05, 0) is 12.3 Å². The smallest absolute Gasteiger partial charge is 0.134 e. The lowest BCUT2D eigenvalue weighted by Gasteiger charge is -2.35. The van der Waals surface area contributed by atoms with Crippen molar-refractivity contribution in [3.05, 3.63) is 12.4 Å². The zero-order valence-corrected chi connectivity index (χ0v) is 8.80. The van der Waals surface area contributed by atoms with Gasteiger partial charge in [0.05, 0.1) is 6.10 Å². The summed E-state index contributed by atoms with van der Waals surface area (Å²) in [6.07, 6.45) is 2.06. The molecule has 0 radical (unpaired) electrons. The normalized spacial score (nSPS) is 26.7. The SMILES string of the molecule is CC1CN(c2cc(N)ncn2)CCC1O. The molecule has 15 heavy (non-hydrogen) atoms. The minimum Gasteiger partial charge on any atom is -0.393 e. The Hall–Kier alpha value is -1.36. The number of rotatable bonds is 1. The molecular weight excluding hydrogens is 192 g/mol. The molecule has 0 aromatic carbocycles. The highest BCUT2D eigenvalue weighted by Gasteiger charge is 2.24. The minimum absolute atomic E-state index is 0.194. The highest BCUT2D eigenvalue weighted by atomic mass is 16.3. The topological polar surface area (TPSA) is 75.3 Å². The second-order valence-corrected chi connectivity index (χ2v) is 4.08. The molecule has 2 heterocycles. The third kappa shape index (κ3) is 2.18. The quantitative estimate of drug-likeness (QED) is 0.692.